The van der Waals surface area contributed by atoms with Crippen LogP contribution in [0, 0.1) is 5.92 Å². The SMILES string of the molecule is CC(Cl)(C=O)COC(=O)C(CO)Cc1ccccc1. The third-order valence-corrected chi connectivity index (χ3v) is 2.82. The zero-order valence-electron chi connectivity index (χ0n) is 10.7. The first kappa shape index (κ1) is 15.7. The molecule has 1 N–H and O–H groups in total. The number of aliphatic hydroxyl groups excluding tert-OH is 1. The molecule has 0 radical (unpaired) electrons. The number of carbonyl (C=O) groups excluding carboxylic acids is 2. The standard InChI is InChI=1S/C14H17ClO4/c1-14(15,9-17)10-19-13(18)12(8-16)7-11-5-3-2-4-6-11/h2-6,9,12,16H,7-8,10H2,1H3. The Morgan fingerprint density at radius 2 is 2.11 bits per heavy atom. The Kier molecular flexibility index (Phi) is 5.99. The minimum atomic E-state index is -1.22. The molecule has 104 valence electrons. The second-order valence-corrected chi connectivity index (χ2v) is 5.44. The van der Waals surface area contributed by atoms with Crippen molar-refractivity contribution in [3.05, 3.63) is 35.9 Å². The minimum Gasteiger partial charge on any atom is -0.463 e. The van der Waals surface area contributed by atoms with Gasteiger partial charge in [0.05, 0.1) is 12.5 Å². The Labute approximate surface area is 117 Å². The molecule has 0 bridgehead atoms. The van der Waals surface area contributed by atoms with Crippen LogP contribution < -0.4 is 0 Å². The highest BCUT2D eigenvalue weighted by Gasteiger charge is 2.25. The molecule has 1 rings (SSSR count). The molecule has 0 amide bonds. The first-order chi connectivity index (χ1) is 8.98. The van der Waals surface area contributed by atoms with Gasteiger partial charge in [0, 0.05) is 0 Å². The number of alkyl halides is 1. The maximum absolute atomic E-state index is 11.8. The van der Waals surface area contributed by atoms with Gasteiger partial charge >= 0.3 is 5.97 Å². The van der Waals surface area contributed by atoms with Crippen LogP contribution >= 0.6 is 11.6 Å². The van der Waals surface area contributed by atoms with Crippen LogP contribution in [0.4, 0.5) is 0 Å². The molecule has 1 aromatic carbocycles. The number of hydrogen-bond donors (Lipinski definition) is 1. The van der Waals surface area contributed by atoms with Crippen molar-refractivity contribution in [2.24, 2.45) is 5.92 Å². The van der Waals surface area contributed by atoms with Gasteiger partial charge in [-0.15, -0.1) is 11.6 Å². The quantitative estimate of drug-likeness (QED) is 0.469. The van der Waals surface area contributed by atoms with Crippen LogP contribution in [0.25, 0.3) is 0 Å². The van der Waals surface area contributed by atoms with Crippen LogP contribution in [0.3, 0.4) is 0 Å². The second kappa shape index (κ2) is 7.26. The lowest BCUT2D eigenvalue weighted by Gasteiger charge is -2.18. The van der Waals surface area contributed by atoms with E-state index in [0.717, 1.165) is 5.56 Å². The average molecular weight is 285 g/mol. The van der Waals surface area contributed by atoms with E-state index in [-0.39, 0.29) is 13.2 Å². The molecule has 0 fully saturated rings. The lowest BCUT2D eigenvalue weighted by Crippen LogP contribution is -2.31. The van der Waals surface area contributed by atoms with Gasteiger partial charge in [-0.2, -0.15) is 0 Å². The van der Waals surface area contributed by atoms with Gasteiger partial charge in [-0.3, -0.25) is 4.79 Å². The second-order valence-electron chi connectivity index (χ2n) is 4.57. The summed E-state index contributed by atoms with van der Waals surface area (Å²) in [7, 11) is 0. The maximum Gasteiger partial charge on any atom is 0.311 e. The van der Waals surface area contributed by atoms with Gasteiger partial charge < -0.3 is 14.6 Å². The predicted octanol–water partition coefficient (Wildman–Crippen LogP) is 1.58. The lowest BCUT2D eigenvalue weighted by molar-refractivity contribution is -0.150. The highest BCUT2D eigenvalue weighted by atomic mass is 35.5. The zero-order chi connectivity index (χ0) is 14.3. The number of aldehydes is 1. The first-order valence-electron chi connectivity index (χ1n) is 5.95. The van der Waals surface area contributed by atoms with Gasteiger partial charge in [0.15, 0.2) is 0 Å². The van der Waals surface area contributed by atoms with E-state index in [2.05, 4.69) is 0 Å². The summed E-state index contributed by atoms with van der Waals surface area (Å²) in [6, 6.07) is 9.33. The van der Waals surface area contributed by atoms with Crippen LogP contribution in [0.1, 0.15) is 12.5 Å². The summed E-state index contributed by atoms with van der Waals surface area (Å²) in [5.74, 6) is -1.21. The molecule has 19 heavy (non-hydrogen) atoms. The summed E-state index contributed by atoms with van der Waals surface area (Å²) >= 11 is 5.77. The minimum absolute atomic E-state index is 0.206. The molecule has 4 nitrogen and oxygen atoms in total. The van der Waals surface area contributed by atoms with Crippen molar-refractivity contribution in [1.29, 1.82) is 0 Å². The molecule has 0 heterocycles. The van der Waals surface area contributed by atoms with Crippen molar-refractivity contribution in [1.82, 2.24) is 0 Å². The molecule has 0 aliphatic rings. The number of benzene rings is 1. The van der Waals surface area contributed by atoms with E-state index in [1.54, 1.807) is 0 Å². The fourth-order valence-electron chi connectivity index (χ4n) is 1.49. The van der Waals surface area contributed by atoms with Crippen molar-refractivity contribution in [3.63, 3.8) is 0 Å². The van der Waals surface area contributed by atoms with Crippen molar-refractivity contribution >= 4 is 23.9 Å². The van der Waals surface area contributed by atoms with Crippen molar-refractivity contribution in [2.45, 2.75) is 18.2 Å². The topological polar surface area (TPSA) is 63.6 Å². The monoisotopic (exact) mass is 284 g/mol. The van der Waals surface area contributed by atoms with Gasteiger partial charge in [-0.05, 0) is 18.9 Å². The molecule has 0 aliphatic carbocycles. The predicted molar refractivity (Wildman–Crippen MR) is 72.0 cm³/mol. The fourth-order valence-corrected chi connectivity index (χ4v) is 1.54. The molecule has 2 atom stereocenters. The average Bonchev–Trinajstić information content (AvgIpc) is 2.43. The summed E-state index contributed by atoms with van der Waals surface area (Å²) in [4.78, 5) is 21.2. The van der Waals surface area contributed by atoms with E-state index in [1.165, 1.54) is 6.92 Å². The Bertz CT molecular complexity index is 417. The first-order valence-corrected chi connectivity index (χ1v) is 6.33. The zero-order valence-corrected chi connectivity index (χ0v) is 11.5. The molecule has 0 aliphatic heterocycles. The summed E-state index contributed by atoms with van der Waals surface area (Å²) < 4.78 is 4.96. The van der Waals surface area contributed by atoms with Gasteiger partial charge in [-0.1, -0.05) is 30.3 Å². The van der Waals surface area contributed by atoms with Crippen LogP contribution in [-0.2, 0) is 20.7 Å². The summed E-state index contributed by atoms with van der Waals surface area (Å²) in [5, 5.41) is 9.24. The maximum atomic E-state index is 11.8. The number of rotatable bonds is 7. The van der Waals surface area contributed by atoms with Gasteiger partial charge in [0.1, 0.15) is 17.8 Å². The van der Waals surface area contributed by atoms with Gasteiger partial charge in [-0.25, -0.2) is 0 Å². The fraction of sp³-hybridized carbons (Fsp3) is 0.429. The molecule has 2 unspecified atom stereocenters. The molecule has 5 heteroatoms. The number of ether oxygens (including phenoxy) is 1. The van der Waals surface area contributed by atoms with Crippen molar-refractivity contribution in [2.75, 3.05) is 13.2 Å². The Balaban J connectivity index is 2.55. The highest BCUT2D eigenvalue weighted by Crippen LogP contribution is 2.14. The summed E-state index contributed by atoms with van der Waals surface area (Å²) in [6.07, 6.45) is 0.906. The Morgan fingerprint density at radius 1 is 1.47 bits per heavy atom. The van der Waals surface area contributed by atoms with Crippen molar-refractivity contribution in [3.8, 4) is 0 Å². The Hall–Kier alpha value is -1.39. The molecule has 1 aromatic rings. The molecular weight excluding hydrogens is 268 g/mol. The van der Waals surface area contributed by atoms with E-state index in [0.29, 0.717) is 12.7 Å². The normalized spacial score (nSPS) is 15.3. The molecule has 0 saturated carbocycles. The van der Waals surface area contributed by atoms with E-state index >= 15 is 0 Å². The molecular formula is C14H17ClO4. The van der Waals surface area contributed by atoms with Crippen LogP contribution in [-0.4, -0.2) is 35.4 Å². The van der Waals surface area contributed by atoms with E-state index in [9.17, 15) is 14.7 Å². The number of carbonyl (C=O) groups is 2. The number of hydrogen-bond acceptors (Lipinski definition) is 4. The lowest BCUT2D eigenvalue weighted by atomic mass is 10.0. The van der Waals surface area contributed by atoms with E-state index < -0.39 is 16.8 Å². The number of halogens is 1. The van der Waals surface area contributed by atoms with Crippen LogP contribution in [0.5, 0.6) is 0 Å². The van der Waals surface area contributed by atoms with E-state index in [4.69, 9.17) is 16.3 Å². The number of aliphatic hydroxyl groups is 1. The van der Waals surface area contributed by atoms with Crippen LogP contribution in [0.15, 0.2) is 30.3 Å². The third-order valence-electron chi connectivity index (χ3n) is 2.62. The summed E-state index contributed by atoms with van der Waals surface area (Å²) in [5.41, 5.74) is 0.933. The molecule has 0 aromatic heterocycles. The van der Waals surface area contributed by atoms with Gasteiger partial charge in [0.2, 0.25) is 0 Å². The van der Waals surface area contributed by atoms with Gasteiger partial charge in [0.25, 0.3) is 0 Å². The largest absolute Gasteiger partial charge is 0.463 e. The molecule has 0 saturated heterocycles. The van der Waals surface area contributed by atoms with Crippen molar-refractivity contribution < 1.29 is 19.4 Å². The summed E-state index contributed by atoms with van der Waals surface area (Å²) in [6.45, 7) is 0.940. The van der Waals surface area contributed by atoms with Crippen LogP contribution in [0.2, 0.25) is 0 Å². The highest BCUT2D eigenvalue weighted by molar-refractivity contribution is 6.31. The third kappa shape index (κ3) is 5.41. The van der Waals surface area contributed by atoms with E-state index in [1.807, 2.05) is 30.3 Å². The number of esters is 1. The Morgan fingerprint density at radius 3 is 2.63 bits per heavy atom. The smallest absolute Gasteiger partial charge is 0.311 e. The molecule has 0 spiro atoms.